The summed E-state index contributed by atoms with van der Waals surface area (Å²) < 4.78 is 5.37. The van der Waals surface area contributed by atoms with Gasteiger partial charge in [0, 0.05) is 7.11 Å². The molecule has 1 nitrogen and oxygen atoms in total. The van der Waals surface area contributed by atoms with E-state index in [1.54, 1.807) is 0 Å². The van der Waals surface area contributed by atoms with E-state index in [2.05, 4.69) is 13.8 Å². The van der Waals surface area contributed by atoms with Crippen LogP contribution in [0.4, 0.5) is 0 Å². The fourth-order valence-corrected chi connectivity index (χ4v) is 1.68. The minimum Gasteiger partial charge on any atom is -0.379 e. The van der Waals surface area contributed by atoms with Gasteiger partial charge in [-0.15, -0.1) is 0 Å². The van der Waals surface area contributed by atoms with Gasteiger partial charge in [0.2, 0.25) is 0 Å². The van der Waals surface area contributed by atoms with Gasteiger partial charge >= 0.3 is 0 Å². The van der Waals surface area contributed by atoms with Crippen LogP contribution in [-0.2, 0) is 4.74 Å². The second-order valence-corrected chi connectivity index (χ2v) is 3.50. The first-order valence-corrected chi connectivity index (χ1v) is 3.71. The molecule has 1 saturated carbocycles. The molecule has 54 valence electrons. The molecule has 0 radical (unpaired) electrons. The molecule has 0 spiro atoms. The third kappa shape index (κ3) is 1.45. The molecule has 1 aliphatic carbocycles. The summed E-state index contributed by atoms with van der Waals surface area (Å²) in [6.07, 6.45) is 3.82. The predicted octanol–water partition coefficient (Wildman–Crippen LogP) is 2.21. The van der Waals surface area contributed by atoms with Crippen molar-refractivity contribution in [3.8, 4) is 0 Å². The van der Waals surface area contributed by atoms with E-state index >= 15 is 0 Å². The molecule has 0 aromatic rings. The van der Waals surface area contributed by atoms with Crippen LogP contribution in [0.2, 0.25) is 0 Å². The van der Waals surface area contributed by atoms with Crippen LogP contribution in [0.5, 0.6) is 0 Å². The van der Waals surface area contributed by atoms with Gasteiger partial charge in [-0.05, 0) is 32.1 Å². The summed E-state index contributed by atoms with van der Waals surface area (Å²) in [7, 11) is 1.82. The Labute approximate surface area is 57.4 Å². The van der Waals surface area contributed by atoms with Crippen molar-refractivity contribution in [1.29, 1.82) is 0 Å². The summed E-state index contributed by atoms with van der Waals surface area (Å²) >= 11 is 0. The van der Waals surface area contributed by atoms with Crippen molar-refractivity contribution < 1.29 is 4.74 Å². The van der Waals surface area contributed by atoms with Crippen molar-refractivity contribution in [2.75, 3.05) is 7.11 Å². The third-order valence-electron chi connectivity index (χ3n) is 2.44. The Morgan fingerprint density at radius 2 is 2.22 bits per heavy atom. The van der Waals surface area contributed by atoms with Crippen LogP contribution < -0.4 is 0 Å². The van der Waals surface area contributed by atoms with Crippen molar-refractivity contribution in [2.45, 2.75) is 38.7 Å². The minimum absolute atomic E-state index is 0.208. The van der Waals surface area contributed by atoms with Crippen molar-refractivity contribution in [3.05, 3.63) is 0 Å². The molecule has 1 rings (SSSR count). The molecule has 2 unspecified atom stereocenters. The maximum Gasteiger partial charge on any atom is 0.0653 e. The van der Waals surface area contributed by atoms with E-state index < -0.39 is 0 Å². The number of rotatable bonds is 1. The molecule has 0 saturated heterocycles. The van der Waals surface area contributed by atoms with Crippen molar-refractivity contribution in [1.82, 2.24) is 0 Å². The quantitative estimate of drug-likeness (QED) is 0.526. The standard InChI is InChI=1S/C8H16O/c1-7-4-5-8(2,6-7)9-3/h7H,4-6H2,1-3H3. The number of hydrogen-bond donors (Lipinski definition) is 0. The summed E-state index contributed by atoms with van der Waals surface area (Å²) in [6.45, 7) is 4.50. The lowest BCUT2D eigenvalue weighted by Crippen LogP contribution is -2.22. The Morgan fingerprint density at radius 3 is 2.44 bits per heavy atom. The molecule has 1 aliphatic rings. The minimum atomic E-state index is 0.208. The highest BCUT2D eigenvalue weighted by molar-refractivity contribution is 4.84. The highest BCUT2D eigenvalue weighted by Crippen LogP contribution is 2.35. The summed E-state index contributed by atoms with van der Waals surface area (Å²) in [5, 5.41) is 0. The monoisotopic (exact) mass is 128 g/mol. The van der Waals surface area contributed by atoms with Crippen molar-refractivity contribution >= 4 is 0 Å². The van der Waals surface area contributed by atoms with Crippen LogP contribution in [0, 0.1) is 5.92 Å². The molecule has 0 aromatic heterocycles. The molecule has 0 bridgehead atoms. The Kier molecular flexibility index (Phi) is 1.80. The Balaban J connectivity index is 2.45. The van der Waals surface area contributed by atoms with E-state index in [4.69, 9.17) is 4.74 Å². The first-order chi connectivity index (χ1) is 4.16. The Hall–Kier alpha value is -0.0400. The normalized spacial score (nSPS) is 43.7. The molecule has 0 aromatic carbocycles. The number of ether oxygens (including phenoxy) is 1. The van der Waals surface area contributed by atoms with E-state index in [9.17, 15) is 0 Å². The predicted molar refractivity (Wildman–Crippen MR) is 38.4 cm³/mol. The van der Waals surface area contributed by atoms with Gasteiger partial charge in [-0.25, -0.2) is 0 Å². The van der Waals surface area contributed by atoms with Crippen molar-refractivity contribution in [2.24, 2.45) is 5.92 Å². The molecule has 0 amide bonds. The van der Waals surface area contributed by atoms with Gasteiger partial charge in [0.25, 0.3) is 0 Å². The highest BCUT2D eigenvalue weighted by Gasteiger charge is 2.32. The van der Waals surface area contributed by atoms with Crippen molar-refractivity contribution in [3.63, 3.8) is 0 Å². The van der Waals surface area contributed by atoms with Crippen LogP contribution in [0.3, 0.4) is 0 Å². The lowest BCUT2D eigenvalue weighted by atomic mass is 10.0. The van der Waals surface area contributed by atoms with Gasteiger partial charge in [0.05, 0.1) is 5.60 Å². The Bertz CT molecular complexity index is 101. The lowest BCUT2D eigenvalue weighted by Gasteiger charge is -2.21. The smallest absolute Gasteiger partial charge is 0.0653 e. The molecular weight excluding hydrogens is 112 g/mol. The fraction of sp³-hybridized carbons (Fsp3) is 1.00. The second-order valence-electron chi connectivity index (χ2n) is 3.50. The average Bonchev–Trinajstić information content (AvgIpc) is 2.13. The summed E-state index contributed by atoms with van der Waals surface area (Å²) in [5.74, 6) is 0.870. The van der Waals surface area contributed by atoms with Crippen LogP contribution in [0.1, 0.15) is 33.1 Å². The van der Waals surface area contributed by atoms with Crippen LogP contribution >= 0.6 is 0 Å². The first kappa shape index (κ1) is 7.07. The lowest BCUT2D eigenvalue weighted by molar-refractivity contribution is 0.00975. The van der Waals surface area contributed by atoms with E-state index in [-0.39, 0.29) is 5.60 Å². The largest absolute Gasteiger partial charge is 0.379 e. The van der Waals surface area contributed by atoms with E-state index in [1.165, 1.54) is 19.3 Å². The van der Waals surface area contributed by atoms with Gasteiger partial charge in [-0.2, -0.15) is 0 Å². The van der Waals surface area contributed by atoms with Gasteiger partial charge in [-0.3, -0.25) is 0 Å². The molecule has 2 atom stereocenters. The maximum absolute atomic E-state index is 5.37. The number of hydrogen-bond acceptors (Lipinski definition) is 1. The number of methoxy groups -OCH3 is 1. The molecule has 1 heteroatoms. The van der Waals surface area contributed by atoms with Gasteiger partial charge in [0.15, 0.2) is 0 Å². The highest BCUT2D eigenvalue weighted by atomic mass is 16.5. The summed E-state index contributed by atoms with van der Waals surface area (Å²) in [4.78, 5) is 0. The zero-order valence-corrected chi connectivity index (χ0v) is 6.61. The van der Waals surface area contributed by atoms with Gasteiger partial charge in [-0.1, -0.05) is 6.92 Å². The second kappa shape index (κ2) is 2.30. The zero-order chi connectivity index (χ0) is 6.91. The van der Waals surface area contributed by atoms with Crippen LogP contribution in [0.15, 0.2) is 0 Å². The van der Waals surface area contributed by atoms with E-state index in [0.29, 0.717) is 0 Å². The molecular formula is C8H16O. The first-order valence-electron chi connectivity index (χ1n) is 3.71. The molecule has 0 N–H and O–H groups in total. The SMILES string of the molecule is COC1(C)CCC(C)C1. The third-order valence-corrected chi connectivity index (χ3v) is 2.44. The zero-order valence-electron chi connectivity index (χ0n) is 6.61. The molecule has 0 aliphatic heterocycles. The van der Waals surface area contributed by atoms with Gasteiger partial charge < -0.3 is 4.74 Å². The van der Waals surface area contributed by atoms with Crippen LogP contribution in [-0.4, -0.2) is 12.7 Å². The van der Waals surface area contributed by atoms with Crippen LogP contribution in [0.25, 0.3) is 0 Å². The maximum atomic E-state index is 5.37. The van der Waals surface area contributed by atoms with Gasteiger partial charge in [0.1, 0.15) is 0 Å². The average molecular weight is 128 g/mol. The summed E-state index contributed by atoms with van der Waals surface area (Å²) in [5.41, 5.74) is 0.208. The molecule has 1 fully saturated rings. The molecule has 9 heavy (non-hydrogen) atoms. The fourth-order valence-electron chi connectivity index (χ4n) is 1.68. The molecule has 0 heterocycles. The summed E-state index contributed by atoms with van der Waals surface area (Å²) in [6, 6.07) is 0. The topological polar surface area (TPSA) is 9.23 Å². The van der Waals surface area contributed by atoms with E-state index in [1.807, 2.05) is 7.11 Å². The van der Waals surface area contributed by atoms with E-state index in [0.717, 1.165) is 5.92 Å². The Morgan fingerprint density at radius 1 is 1.56 bits per heavy atom.